The molecule has 0 fully saturated rings. The summed E-state index contributed by atoms with van der Waals surface area (Å²) in [6.07, 6.45) is -4.14. The lowest BCUT2D eigenvalue weighted by Gasteiger charge is -2.20. The summed E-state index contributed by atoms with van der Waals surface area (Å²) in [6, 6.07) is 5.07. The molecule has 0 aliphatic heterocycles. The van der Waals surface area contributed by atoms with Crippen molar-refractivity contribution in [3.05, 3.63) is 29.8 Å². The molecule has 0 saturated heterocycles. The van der Waals surface area contributed by atoms with Gasteiger partial charge in [-0.1, -0.05) is 32.3 Å². The largest absolute Gasteiger partial charge is 0.508 e. The van der Waals surface area contributed by atoms with Crippen LogP contribution >= 0.6 is 0 Å². The lowest BCUT2D eigenvalue weighted by atomic mass is 10.1. The van der Waals surface area contributed by atoms with Gasteiger partial charge < -0.3 is 9.84 Å². The zero-order valence-electron chi connectivity index (χ0n) is 11.8. The predicted octanol–water partition coefficient (Wildman–Crippen LogP) is 4.45. The SMILES string of the molecule is CCCCCC[C@@H](OC(=O)c1cccc(O)c1)C(F)(F)F. The van der Waals surface area contributed by atoms with Crippen LogP contribution in [0.25, 0.3) is 0 Å². The van der Waals surface area contributed by atoms with Gasteiger partial charge in [-0.2, -0.15) is 13.2 Å². The van der Waals surface area contributed by atoms with Gasteiger partial charge in [-0.05, 0) is 31.0 Å². The molecule has 1 atom stereocenters. The molecule has 1 aromatic carbocycles. The molecule has 0 aliphatic carbocycles. The topological polar surface area (TPSA) is 46.5 Å². The Labute approximate surface area is 121 Å². The van der Waals surface area contributed by atoms with Crippen molar-refractivity contribution in [1.82, 2.24) is 0 Å². The van der Waals surface area contributed by atoms with E-state index in [2.05, 4.69) is 4.74 Å². The molecule has 0 radical (unpaired) electrons. The average Bonchev–Trinajstić information content (AvgIpc) is 2.40. The maximum Gasteiger partial charge on any atom is 0.425 e. The summed E-state index contributed by atoms with van der Waals surface area (Å²) in [6.45, 7) is 1.96. The monoisotopic (exact) mass is 304 g/mol. The second-order valence-corrected chi connectivity index (χ2v) is 4.84. The molecule has 1 rings (SSSR count). The number of phenolic OH excluding ortho intramolecular Hbond substituents is 1. The first-order valence-corrected chi connectivity index (χ1v) is 6.91. The van der Waals surface area contributed by atoms with Crippen molar-refractivity contribution >= 4 is 5.97 Å². The molecule has 21 heavy (non-hydrogen) atoms. The number of carbonyl (C=O) groups is 1. The molecular formula is C15H19F3O3. The number of esters is 1. The van der Waals surface area contributed by atoms with Gasteiger partial charge in [-0.3, -0.25) is 0 Å². The van der Waals surface area contributed by atoms with Crippen LogP contribution in [0.15, 0.2) is 24.3 Å². The first-order chi connectivity index (χ1) is 9.84. The van der Waals surface area contributed by atoms with E-state index < -0.39 is 18.2 Å². The Morgan fingerprint density at radius 3 is 2.57 bits per heavy atom. The standard InChI is InChI=1S/C15H19F3O3/c1-2-3-4-5-9-13(15(16,17)18)21-14(20)11-7-6-8-12(19)10-11/h6-8,10,13,19H,2-5,9H2,1H3/t13-/m1/s1. The van der Waals surface area contributed by atoms with Crippen molar-refractivity contribution in [3.8, 4) is 5.75 Å². The molecule has 0 unspecified atom stereocenters. The Morgan fingerprint density at radius 2 is 2.00 bits per heavy atom. The maximum atomic E-state index is 12.9. The first kappa shape index (κ1) is 17.3. The number of carbonyl (C=O) groups excluding carboxylic acids is 1. The summed E-state index contributed by atoms with van der Waals surface area (Å²) in [5, 5.41) is 9.23. The van der Waals surface area contributed by atoms with Gasteiger partial charge in [0.25, 0.3) is 0 Å². The van der Waals surface area contributed by atoms with E-state index in [1.807, 2.05) is 6.92 Å². The number of phenols is 1. The number of hydrogen-bond acceptors (Lipinski definition) is 3. The molecule has 118 valence electrons. The average molecular weight is 304 g/mol. The minimum absolute atomic E-state index is 0.0993. The van der Waals surface area contributed by atoms with Gasteiger partial charge in [-0.25, -0.2) is 4.79 Å². The molecule has 0 bridgehead atoms. The molecule has 1 aromatic rings. The van der Waals surface area contributed by atoms with E-state index in [-0.39, 0.29) is 17.7 Å². The summed E-state index contributed by atoms with van der Waals surface area (Å²) in [5.74, 6) is -1.28. The molecule has 6 heteroatoms. The molecular weight excluding hydrogens is 285 g/mol. The summed E-state index contributed by atoms with van der Waals surface area (Å²) >= 11 is 0. The van der Waals surface area contributed by atoms with E-state index in [9.17, 15) is 23.1 Å². The highest BCUT2D eigenvalue weighted by Gasteiger charge is 2.42. The van der Waals surface area contributed by atoms with Gasteiger partial charge in [-0.15, -0.1) is 0 Å². The Morgan fingerprint density at radius 1 is 1.29 bits per heavy atom. The second kappa shape index (κ2) is 7.90. The number of benzene rings is 1. The highest BCUT2D eigenvalue weighted by atomic mass is 19.4. The van der Waals surface area contributed by atoms with Crippen LogP contribution in [-0.4, -0.2) is 23.4 Å². The predicted molar refractivity (Wildman–Crippen MR) is 72.1 cm³/mol. The minimum atomic E-state index is -4.58. The third-order valence-corrected chi connectivity index (χ3v) is 3.02. The Balaban J connectivity index is 2.65. The van der Waals surface area contributed by atoms with E-state index in [0.717, 1.165) is 18.9 Å². The van der Waals surface area contributed by atoms with Crippen LogP contribution in [-0.2, 0) is 4.74 Å². The smallest absolute Gasteiger partial charge is 0.425 e. The number of halogens is 3. The summed E-state index contributed by atoms with van der Waals surface area (Å²) < 4.78 is 43.1. The van der Waals surface area contributed by atoms with Gasteiger partial charge in [0.15, 0.2) is 6.10 Å². The minimum Gasteiger partial charge on any atom is -0.508 e. The van der Waals surface area contributed by atoms with E-state index in [0.29, 0.717) is 12.8 Å². The van der Waals surface area contributed by atoms with Gasteiger partial charge in [0.05, 0.1) is 5.56 Å². The molecule has 0 saturated carbocycles. The fraction of sp³-hybridized carbons (Fsp3) is 0.533. The quantitative estimate of drug-likeness (QED) is 0.598. The number of aromatic hydroxyl groups is 1. The molecule has 0 spiro atoms. The fourth-order valence-electron chi connectivity index (χ4n) is 1.88. The zero-order chi connectivity index (χ0) is 15.9. The van der Waals surface area contributed by atoms with E-state index in [1.165, 1.54) is 18.2 Å². The van der Waals surface area contributed by atoms with Crippen molar-refractivity contribution in [3.63, 3.8) is 0 Å². The molecule has 0 amide bonds. The third kappa shape index (κ3) is 6.06. The maximum absolute atomic E-state index is 12.9. The molecule has 0 aliphatic rings. The van der Waals surface area contributed by atoms with E-state index >= 15 is 0 Å². The molecule has 3 nitrogen and oxygen atoms in total. The highest BCUT2D eigenvalue weighted by Crippen LogP contribution is 2.28. The molecule has 0 heterocycles. The lowest BCUT2D eigenvalue weighted by molar-refractivity contribution is -0.206. The molecule has 1 N–H and O–H groups in total. The van der Waals surface area contributed by atoms with Crippen molar-refractivity contribution in [2.45, 2.75) is 51.3 Å². The molecule has 0 aromatic heterocycles. The van der Waals surface area contributed by atoms with Crippen LogP contribution in [0.3, 0.4) is 0 Å². The van der Waals surface area contributed by atoms with Crippen LogP contribution < -0.4 is 0 Å². The lowest BCUT2D eigenvalue weighted by Crippen LogP contribution is -2.33. The van der Waals surface area contributed by atoms with Crippen molar-refractivity contribution in [2.24, 2.45) is 0 Å². The fourth-order valence-corrected chi connectivity index (χ4v) is 1.88. The van der Waals surface area contributed by atoms with Gasteiger partial charge in [0.2, 0.25) is 0 Å². The first-order valence-electron chi connectivity index (χ1n) is 6.91. The Bertz CT molecular complexity index is 458. The van der Waals surface area contributed by atoms with Gasteiger partial charge >= 0.3 is 12.1 Å². The Hall–Kier alpha value is -1.72. The van der Waals surface area contributed by atoms with Crippen LogP contribution in [0.4, 0.5) is 13.2 Å². The number of rotatable bonds is 7. The second-order valence-electron chi connectivity index (χ2n) is 4.84. The van der Waals surface area contributed by atoms with E-state index in [1.54, 1.807) is 0 Å². The van der Waals surface area contributed by atoms with Crippen molar-refractivity contribution < 1.29 is 27.8 Å². The van der Waals surface area contributed by atoms with Crippen LogP contribution in [0.1, 0.15) is 49.4 Å². The summed E-state index contributed by atoms with van der Waals surface area (Å²) in [7, 11) is 0. The Kier molecular flexibility index (Phi) is 6.52. The number of hydrogen-bond donors (Lipinski definition) is 1. The number of alkyl halides is 3. The van der Waals surface area contributed by atoms with Crippen LogP contribution in [0.5, 0.6) is 5.75 Å². The third-order valence-electron chi connectivity index (χ3n) is 3.02. The number of ether oxygens (including phenoxy) is 1. The van der Waals surface area contributed by atoms with Crippen molar-refractivity contribution in [1.29, 1.82) is 0 Å². The number of unbranched alkanes of at least 4 members (excludes halogenated alkanes) is 3. The van der Waals surface area contributed by atoms with Crippen molar-refractivity contribution in [2.75, 3.05) is 0 Å². The normalized spacial score (nSPS) is 13.0. The van der Waals surface area contributed by atoms with Crippen LogP contribution in [0.2, 0.25) is 0 Å². The summed E-state index contributed by atoms with van der Waals surface area (Å²) in [5.41, 5.74) is -0.0993. The van der Waals surface area contributed by atoms with E-state index in [4.69, 9.17) is 0 Å². The highest BCUT2D eigenvalue weighted by molar-refractivity contribution is 5.89. The van der Waals surface area contributed by atoms with Crippen LogP contribution in [0, 0.1) is 0 Å². The summed E-state index contributed by atoms with van der Waals surface area (Å²) in [4.78, 5) is 11.7. The van der Waals surface area contributed by atoms with Gasteiger partial charge in [0, 0.05) is 0 Å². The zero-order valence-corrected chi connectivity index (χ0v) is 11.8. The van der Waals surface area contributed by atoms with Gasteiger partial charge in [0.1, 0.15) is 5.75 Å².